The summed E-state index contributed by atoms with van der Waals surface area (Å²) in [6, 6.07) is 14.6. The van der Waals surface area contributed by atoms with E-state index in [2.05, 4.69) is 0 Å². The molecule has 0 bridgehead atoms. The molecule has 0 unspecified atom stereocenters. The number of benzene rings is 2. The maximum atomic E-state index is 12.9. The smallest absolute Gasteiger partial charge is 0.338 e. The molecule has 6 heteroatoms. The van der Waals surface area contributed by atoms with E-state index in [4.69, 9.17) is 9.47 Å². The molecule has 2 aromatic rings. The number of rotatable bonds is 9. The van der Waals surface area contributed by atoms with Crippen LogP contribution in [0.25, 0.3) is 0 Å². The van der Waals surface area contributed by atoms with Crippen molar-refractivity contribution in [3.05, 3.63) is 59.7 Å². The van der Waals surface area contributed by atoms with Crippen LogP contribution >= 0.6 is 0 Å². The van der Waals surface area contributed by atoms with Crippen LogP contribution in [0.1, 0.15) is 48.4 Å². The van der Waals surface area contributed by atoms with Crippen LogP contribution < -0.4 is 9.80 Å². The fourth-order valence-electron chi connectivity index (χ4n) is 2.91. The second kappa shape index (κ2) is 9.52. The maximum absolute atomic E-state index is 12.9. The Bertz CT molecular complexity index is 898. The van der Waals surface area contributed by atoms with Gasteiger partial charge in [-0.25, -0.2) is 4.79 Å². The predicted octanol–water partition coefficient (Wildman–Crippen LogP) is 4.43. The third-order valence-electron chi connectivity index (χ3n) is 4.96. The molecule has 0 amide bonds. The lowest BCUT2D eigenvalue weighted by molar-refractivity contribution is -0.0844. The molecule has 0 aliphatic carbocycles. The van der Waals surface area contributed by atoms with Gasteiger partial charge in [0.1, 0.15) is 11.2 Å². The van der Waals surface area contributed by atoms with E-state index in [1.54, 1.807) is 52.0 Å². The van der Waals surface area contributed by atoms with Crippen LogP contribution in [0.5, 0.6) is 0 Å². The number of esters is 1. The predicted molar refractivity (Wildman–Crippen MR) is 125 cm³/mol. The number of hydrogen-bond donors (Lipinski definition) is 0. The average Bonchev–Trinajstić information content (AvgIpc) is 2.71. The number of ether oxygens (including phenoxy) is 2. The van der Waals surface area contributed by atoms with E-state index in [-0.39, 0.29) is 12.4 Å². The molecule has 0 aromatic heterocycles. The van der Waals surface area contributed by atoms with Gasteiger partial charge in [-0.2, -0.15) is 0 Å². The van der Waals surface area contributed by atoms with Crippen LogP contribution in [0.15, 0.2) is 48.5 Å². The molecule has 0 saturated carbocycles. The van der Waals surface area contributed by atoms with Crippen molar-refractivity contribution in [2.45, 2.75) is 38.9 Å². The zero-order valence-electron chi connectivity index (χ0n) is 19.9. The van der Waals surface area contributed by atoms with E-state index in [9.17, 15) is 9.59 Å². The molecule has 0 fully saturated rings. The van der Waals surface area contributed by atoms with E-state index in [0.29, 0.717) is 11.1 Å². The first-order valence-electron chi connectivity index (χ1n) is 10.3. The molecule has 0 N–H and O–H groups in total. The minimum absolute atomic E-state index is 0.0864. The molecule has 0 radical (unpaired) electrons. The Morgan fingerprint density at radius 3 is 1.58 bits per heavy atom. The lowest BCUT2D eigenvalue weighted by Crippen LogP contribution is -2.42. The summed E-state index contributed by atoms with van der Waals surface area (Å²) in [5, 5.41) is 0. The van der Waals surface area contributed by atoms with Crippen molar-refractivity contribution in [3.8, 4) is 0 Å². The van der Waals surface area contributed by atoms with Gasteiger partial charge in [-0.1, -0.05) is 0 Å². The first-order valence-corrected chi connectivity index (χ1v) is 10.3. The fourth-order valence-corrected chi connectivity index (χ4v) is 2.91. The largest absolute Gasteiger partial charge is 0.454 e. The lowest BCUT2D eigenvalue weighted by atomic mass is 9.96. The van der Waals surface area contributed by atoms with Crippen molar-refractivity contribution < 1.29 is 19.1 Å². The van der Waals surface area contributed by atoms with E-state index in [1.807, 2.05) is 62.3 Å². The molecule has 0 heterocycles. The molecule has 0 aliphatic heterocycles. The number of nitrogens with zero attached hydrogens (tertiary/aromatic N) is 2. The van der Waals surface area contributed by atoms with Crippen molar-refractivity contribution in [1.29, 1.82) is 0 Å². The van der Waals surface area contributed by atoms with E-state index in [0.717, 1.165) is 11.4 Å². The van der Waals surface area contributed by atoms with Crippen LogP contribution in [0, 0.1) is 0 Å². The van der Waals surface area contributed by atoms with Crippen LogP contribution in [-0.4, -0.2) is 57.8 Å². The number of ketones is 1. The van der Waals surface area contributed by atoms with E-state index in [1.165, 1.54) is 0 Å². The van der Waals surface area contributed by atoms with Crippen molar-refractivity contribution in [1.82, 2.24) is 0 Å². The molecule has 31 heavy (non-hydrogen) atoms. The highest BCUT2D eigenvalue weighted by Gasteiger charge is 2.34. The van der Waals surface area contributed by atoms with Crippen molar-refractivity contribution in [3.63, 3.8) is 0 Å². The quantitative estimate of drug-likeness (QED) is 0.437. The molecule has 168 valence electrons. The van der Waals surface area contributed by atoms with E-state index < -0.39 is 17.2 Å². The van der Waals surface area contributed by atoms with Gasteiger partial charge in [0.2, 0.25) is 0 Å². The molecular formula is C25H34N2O4. The second-order valence-electron chi connectivity index (χ2n) is 9.16. The summed E-state index contributed by atoms with van der Waals surface area (Å²) < 4.78 is 11.6. The monoisotopic (exact) mass is 426 g/mol. The zero-order valence-corrected chi connectivity index (χ0v) is 19.9. The summed E-state index contributed by atoms with van der Waals surface area (Å²) in [6.07, 6.45) is 0. The molecule has 2 rings (SSSR count). The van der Waals surface area contributed by atoms with Crippen molar-refractivity contribution >= 4 is 23.1 Å². The summed E-state index contributed by atoms with van der Waals surface area (Å²) in [7, 11) is 7.77. The van der Waals surface area contributed by atoms with Gasteiger partial charge in [0.05, 0.1) is 12.2 Å². The second-order valence-corrected chi connectivity index (χ2v) is 9.16. The topological polar surface area (TPSA) is 59.1 Å². The molecule has 0 atom stereocenters. The van der Waals surface area contributed by atoms with Gasteiger partial charge in [-0.3, -0.25) is 4.79 Å². The molecule has 0 spiro atoms. The number of carbonyl (C=O) groups excluding carboxylic acids is 2. The minimum Gasteiger partial charge on any atom is -0.454 e. The standard InChI is InChI=1S/C25H34N2O4/c1-24(2,31-23(29)19-11-15-21(16-12-19)27(7)8)17-30-25(3,4)22(28)18-9-13-20(14-10-18)26(5)6/h9-16H,17H2,1-8H3. The van der Waals surface area contributed by atoms with Crippen LogP contribution in [-0.2, 0) is 9.47 Å². The highest BCUT2D eigenvalue weighted by molar-refractivity contribution is 6.02. The molecule has 2 aromatic carbocycles. The Hall–Kier alpha value is -2.86. The summed E-state index contributed by atoms with van der Waals surface area (Å²) in [5.74, 6) is -0.554. The molecule has 0 saturated heterocycles. The number of Topliss-reactive ketones (excluding diaryl/α,β-unsaturated/α-hetero) is 1. The Labute approximate surface area is 185 Å². The Balaban J connectivity index is 2.00. The van der Waals surface area contributed by atoms with Crippen LogP contribution in [0.2, 0.25) is 0 Å². The molecular weight excluding hydrogens is 392 g/mol. The number of hydrogen-bond acceptors (Lipinski definition) is 6. The maximum Gasteiger partial charge on any atom is 0.338 e. The summed E-state index contributed by atoms with van der Waals surface area (Å²) in [5.41, 5.74) is 1.10. The van der Waals surface area contributed by atoms with Gasteiger partial charge in [-0.05, 0) is 76.2 Å². The Morgan fingerprint density at radius 1 is 0.742 bits per heavy atom. The summed E-state index contributed by atoms with van der Waals surface area (Å²) in [6.45, 7) is 7.08. The average molecular weight is 427 g/mol. The van der Waals surface area contributed by atoms with Gasteiger partial charge >= 0.3 is 5.97 Å². The minimum atomic E-state index is -1.06. The number of carbonyl (C=O) groups is 2. The first kappa shape index (κ1) is 24.4. The zero-order chi connectivity index (χ0) is 23.4. The van der Waals surface area contributed by atoms with Crippen molar-refractivity contribution in [2.24, 2.45) is 0 Å². The number of anilines is 2. The van der Waals surface area contributed by atoms with Gasteiger partial charge < -0.3 is 19.3 Å². The van der Waals surface area contributed by atoms with Crippen LogP contribution in [0.4, 0.5) is 11.4 Å². The summed E-state index contributed by atoms with van der Waals surface area (Å²) in [4.78, 5) is 29.4. The summed E-state index contributed by atoms with van der Waals surface area (Å²) >= 11 is 0. The highest BCUT2D eigenvalue weighted by Crippen LogP contribution is 2.23. The van der Waals surface area contributed by atoms with Gasteiger partial charge in [0, 0.05) is 45.1 Å². The Morgan fingerprint density at radius 2 is 1.16 bits per heavy atom. The van der Waals surface area contributed by atoms with E-state index >= 15 is 0 Å². The van der Waals surface area contributed by atoms with Gasteiger partial charge in [-0.15, -0.1) is 0 Å². The molecule has 0 aliphatic rings. The normalized spacial score (nSPS) is 11.7. The van der Waals surface area contributed by atoms with Crippen LogP contribution in [0.3, 0.4) is 0 Å². The SMILES string of the molecule is CN(C)c1ccc(C(=O)OC(C)(C)COC(C)(C)C(=O)c2ccc(N(C)C)cc2)cc1. The highest BCUT2D eigenvalue weighted by atomic mass is 16.6. The lowest BCUT2D eigenvalue weighted by Gasteiger charge is -2.31. The third kappa shape index (κ3) is 6.56. The first-order chi connectivity index (χ1) is 14.3. The van der Waals surface area contributed by atoms with Gasteiger partial charge in [0.15, 0.2) is 5.78 Å². The fraction of sp³-hybridized carbons (Fsp3) is 0.440. The molecule has 6 nitrogen and oxygen atoms in total. The third-order valence-corrected chi connectivity index (χ3v) is 4.96. The van der Waals surface area contributed by atoms with Gasteiger partial charge in [0.25, 0.3) is 0 Å². The Kier molecular flexibility index (Phi) is 7.49. The van der Waals surface area contributed by atoms with Crippen molar-refractivity contribution in [2.75, 3.05) is 44.6 Å².